The van der Waals surface area contributed by atoms with Crippen LogP contribution in [0.15, 0.2) is 71.6 Å². The van der Waals surface area contributed by atoms with Crippen LogP contribution in [0.25, 0.3) is 10.8 Å². The Hall–Kier alpha value is -3.23. The Morgan fingerprint density at radius 2 is 1.67 bits per heavy atom. The van der Waals surface area contributed by atoms with Crippen LogP contribution >= 0.6 is 0 Å². The molecule has 7 nitrogen and oxygen atoms in total. The zero-order valence-electron chi connectivity index (χ0n) is 23.1. The zero-order chi connectivity index (χ0) is 28.0. The molecule has 39 heavy (non-hydrogen) atoms. The van der Waals surface area contributed by atoms with Gasteiger partial charge < -0.3 is 10.2 Å². The van der Waals surface area contributed by atoms with Crippen molar-refractivity contribution >= 4 is 32.6 Å². The van der Waals surface area contributed by atoms with E-state index in [-0.39, 0.29) is 29.9 Å². The van der Waals surface area contributed by atoms with E-state index in [1.807, 2.05) is 62.4 Å². The van der Waals surface area contributed by atoms with Crippen molar-refractivity contribution in [1.82, 2.24) is 14.5 Å². The lowest BCUT2D eigenvalue weighted by Crippen LogP contribution is -2.53. The van der Waals surface area contributed by atoms with Gasteiger partial charge in [0.15, 0.2) is 0 Å². The second-order valence-corrected chi connectivity index (χ2v) is 12.6. The van der Waals surface area contributed by atoms with Gasteiger partial charge in [-0.1, -0.05) is 86.3 Å². The fraction of sp³-hybridized carbons (Fsp3) is 0.419. The molecule has 1 saturated carbocycles. The summed E-state index contributed by atoms with van der Waals surface area (Å²) < 4.78 is 28.0. The molecule has 0 saturated heterocycles. The number of nitrogens with one attached hydrogen (secondary N) is 1. The highest BCUT2D eigenvalue weighted by molar-refractivity contribution is 7.89. The van der Waals surface area contributed by atoms with Gasteiger partial charge in [0.25, 0.3) is 0 Å². The van der Waals surface area contributed by atoms with Gasteiger partial charge in [-0.05, 0) is 54.7 Å². The second kappa shape index (κ2) is 12.7. The molecule has 1 N–H and O–H groups in total. The molecule has 0 heterocycles. The van der Waals surface area contributed by atoms with Gasteiger partial charge in [0.05, 0.1) is 11.4 Å². The molecule has 1 aliphatic rings. The Morgan fingerprint density at radius 1 is 0.949 bits per heavy atom. The number of sulfonamides is 1. The SMILES string of the molecule is CC[C@H](C(=O)NC1CCCCC1)N(Cc1cccc(C)c1)C(=O)CN(C)S(=O)(=O)c1ccc2ccccc2c1. The predicted molar refractivity (Wildman–Crippen MR) is 155 cm³/mol. The van der Waals surface area contributed by atoms with Crippen LogP contribution in [0.2, 0.25) is 0 Å². The van der Waals surface area contributed by atoms with E-state index in [1.54, 1.807) is 23.1 Å². The number of fused-ring (bicyclic) bond motifs is 1. The monoisotopic (exact) mass is 549 g/mol. The minimum absolute atomic E-state index is 0.118. The number of aryl methyl sites for hydroxylation is 1. The van der Waals surface area contributed by atoms with E-state index in [0.717, 1.165) is 51.9 Å². The summed E-state index contributed by atoms with van der Waals surface area (Å²) in [5.74, 6) is -0.584. The minimum atomic E-state index is -3.93. The third-order valence-corrected chi connectivity index (χ3v) is 9.36. The van der Waals surface area contributed by atoms with Crippen molar-refractivity contribution in [3.63, 3.8) is 0 Å². The Bertz CT molecular complexity index is 1420. The largest absolute Gasteiger partial charge is 0.352 e. The fourth-order valence-corrected chi connectivity index (χ4v) is 6.50. The maximum atomic E-state index is 13.8. The highest BCUT2D eigenvalue weighted by atomic mass is 32.2. The molecule has 0 unspecified atom stereocenters. The van der Waals surface area contributed by atoms with Gasteiger partial charge in [0.2, 0.25) is 21.8 Å². The minimum Gasteiger partial charge on any atom is -0.352 e. The van der Waals surface area contributed by atoms with Gasteiger partial charge in [-0.15, -0.1) is 0 Å². The smallest absolute Gasteiger partial charge is 0.243 e. The van der Waals surface area contributed by atoms with Crippen LogP contribution < -0.4 is 5.32 Å². The molecule has 3 aromatic rings. The molecule has 0 radical (unpaired) electrons. The molecule has 2 amide bonds. The van der Waals surface area contributed by atoms with Crippen LogP contribution in [-0.4, -0.2) is 55.1 Å². The van der Waals surface area contributed by atoms with Gasteiger partial charge in [-0.2, -0.15) is 4.31 Å². The van der Waals surface area contributed by atoms with Crippen molar-refractivity contribution < 1.29 is 18.0 Å². The average molecular weight is 550 g/mol. The number of carbonyl (C=O) groups excluding carboxylic acids is 2. The Kier molecular flexibility index (Phi) is 9.40. The fourth-order valence-electron chi connectivity index (χ4n) is 5.35. The normalized spacial score (nSPS) is 15.3. The van der Waals surface area contributed by atoms with Crippen LogP contribution in [0, 0.1) is 6.92 Å². The quantitative estimate of drug-likeness (QED) is 0.385. The number of likely N-dealkylation sites (N-methyl/N-ethyl adjacent to an activating group) is 1. The molecule has 1 aliphatic carbocycles. The first-order chi connectivity index (χ1) is 18.7. The van der Waals surface area contributed by atoms with Gasteiger partial charge in [-0.25, -0.2) is 8.42 Å². The van der Waals surface area contributed by atoms with Crippen LogP contribution in [0.3, 0.4) is 0 Å². The number of amides is 2. The molecule has 8 heteroatoms. The van der Waals surface area contributed by atoms with Crippen molar-refractivity contribution in [2.45, 2.75) is 75.9 Å². The van der Waals surface area contributed by atoms with Gasteiger partial charge >= 0.3 is 0 Å². The zero-order valence-corrected chi connectivity index (χ0v) is 23.9. The first-order valence-electron chi connectivity index (χ1n) is 13.8. The van der Waals surface area contributed by atoms with Gasteiger partial charge in [0, 0.05) is 19.6 Å². The van der Waals surface area contributed by atoms with E-state index in [0.29, 0.717) is 6.42 Å². The van der Waals surface area contributed by atoms with E-state index in [4.69, 9.17) is 0 Å². The molecule has 0 bridgehead atoms. The van der Waals surface area contributed by atoms with E-state index in [2.05, 4.69) is 5.32 Å². The maximum Gasteiger partial charge on any atom is 0.243 e. The summed E-state index contributed by atoms with van der Waals surface area (Å²) in [6, 6.07) is 19.7. The van der Waals surface area contributed by atoms with Crippen LogP contribution in [0.4, 0.5) is 0 Å². The molecule has 208 valence electrons. The molecular weight excluding hydrogens is 510 g/mol. The third kappa shape index (κ3) is 7.05. The van der Waals surface area contributed by atoms with E-state index in [1.165, 1.54) is 13.5 Å². The molecule has 4 rings (SSSR count). The summed E-state index contributed by atoms with van der Waals surface area (Å²) >= 11 is 0. The molecular formula is C31H39N3O4S. The third-order valence-electron chi connectivity index (χ3n) is 7.56. The van der Waals surface area contributed by atoms with Gasteiger partial charge in [-0.3, -0.25) is 9.59 Å². The Morgan fingerprint density at radius 3 is 2.36 bits per heavy atom. The van der Waals surface area contributed by atoms with Crippen LogP contribution in [-0.2, 0) is 26.2 Å². The lowest BCUT2D eigenvalue weighted by Gasteiger charge is -2.33. The number of carbonyl (C=O) groups is 2. The summed E-state index contributed by atoms with van der Waals surface area (Å²) in [4.78, 5) is 28.9. The highest BCUT2D eigenvalue weighted by Crippen LogP contribution is 2.23. The summed E-state index contributed by atoms with van der Waals surface area (Å²) in [6.45, 7) is 3.72. The van der Waals surface area contributed by atoms with Crippen molar-refractivity contribution in [3.8, 4) is 0 Å². The van der Waals surface area contributed by atoms with E-state index < -0.39 is 22.0 Å². The number of benzene rings is 3. The highest BCUT2D eigenvalue weighted by Gasteiger charge is 2.33. The number of rotatable bonds is 10. The number of hydrogen-bond donors (Lipinski definition) is 1. The summed E-state index contributed by atoms with van der Waals surface area (Å²) in [5.41, 5.74) is 1.95. The topological polar surface area (TPSA) is 86.8 Å². The van der Waals surface area contributed by atoms with Crippen LogP contribution in [0.5, 0.6) is 0 Å². The second-order valence-electron chi connectivity index (χ2n) is 10.5. The van der Waals surface area contributed by atoms with E-state index in [9.17, 15) is 18.0 Å². The number of nitrogens with zero attached hydrogens (tertiary/aromatic N) is 2. The lowest BCUT2D eigenvalue weighted by atomic mass is 9.95. The molecule has 0 aromatic heterocycles. The van der Waals surface area contributed by atoms with Gasteiger partial charge in [0.1, 0.15) is 6.04 Å². The Labute approximate surface area is 232 Å². The molecule has 3 aromatic carbocycles. The first-order valence-corrected chi connectivity index (χ1v) is 15.2. The maximum absolute atomic E-state index is 13.8. The van der Waals surface area contributed by atoms with E-state index >= 15 is 0 Å². The summed E-state index contributed by atoms with van der Waals surface area (Å²) in [5, 5.41) is 4.91. The van der Waals surface area contributed by atoms with Crippen molar-refractivity contribution in [1.29, 1.82) is 0 Å². The first kappa shape index (κ1) is 28.8. The average Bonchev–Trinajstić information content (AvgIpc) is 2.93. The van der Waals surface area contributed by atoms with Crippen molar-refractivity contribution in [2.24, 2.45) is 0 Å². The lowest BCUT2D eigenvalue weighted by molar-refractivity contribution is -0.141. The summed E-state index contributed by atoms with van der Waals surface area (Å²) in [6.07, 6.45) is 5.68. The number of hydrogen-bond acceptors (Lipinski definition) is 4. The summed E-state index contributed by atoms with van der Waals surface area (Å²) in [7, 11) is -2.52. The molecule has 1 fully saturated rings. The molecule has 0 spiro atoms. The predicted octanol–water partition coefficient (Wildman–Crippen LogP) is 5.03. The Balaban J connectivity index is 1.57. The van der Waals surface area contributed by atoms with Crippen LogP contribution in [0.1, 0.15) is 56.6 Å². The standard InChI is InChI=1S/C31H39N3O4S/c1-4-29(31(36)32-27-15-6-5-7-16-27)34(21-24-12-10-11-23(2)19-24)30(35)22-33(3)39(37,38)28-18-17-25-13-8-9-14-26(25)20-28/h8-14,17-20,27,29H,4-7,15-16,21-22H2,1-3H3,(H,32,36)/t29-/m1/s1. The molecule has 0 aliphatic heterocycles. The van der Waals surface area contributed by atoms with Crippen molar-refractivity contribution in [3.05, 3.63) is 77.9 Å². The molecule has 1 atom stereocenters. The van der Waals surface area contributed by atoms with Crippen molar-refractivity contribution in [2.75, 3.05) is 13.6 Å².